The Morgan fingerprint density at radius 1 is 0.952 bits per heavy atom. The Morgan fingerprint density at radius 3 is 2.48 bits per heavy atom. The first kappa shape index (κ1) is 14.2. The van der Waals surface area contributed by atoms with Gasteiger partial charge in [-0.05, 0) is 45.8 Å². The number of anilines is 1. The van der Waals surface area contributed by atoms with Crippen molar-refractivity contribution in [2.45, 2.75) is 6.04 Å². The number of furan rings is 1. The third kappa shape index (κ3) is 3.14. The van der Waals surface area contributed by atoms with Crippen LogP contribution in [0.1, 0.15) is 17.4 Å². The van der Waals surface area contributed by atoms with Gasteiger partial charge in [-0.25, -0.2) is 0 Å². The lowest BCUT2D eigenvalue weighted by Crippen LogP contribution is -2.12. The van der Waals surface area contributed by atoms with Crippen molar-refractivity contribution in [1.82, 2.24) is 0 Å². The van der Waals surface area contributed by atoms with E-state index in [4.69, 9.17) is 16.0 Å². The van der Waals surface area contributed by atoms with Crippen molar-refractivity contribution < 1.29 is 4.42 Å². The molecule has 0 bridgehead atoms. The molecular weight excluding hydrogens is 350 g/mol. The van der Waals surface area contributed by atoms with Gasteiger partial charge in [0.15, 0.2) is 0 Å². The number of hydrogen-bond acceptors (Lipinski definition) is 2. The van der Waals surface area contributed by atoms with E-state index in [-0.39, 0.29) is 6.04 Å². The second kappa shape index (κ2) is 6.37. The lowest BCUT2D eigenvalue weighted by molar-refractivity contribution is 0.499. The minimum atomic E-state index is -0.0732. The number of halogens is 2. The monoisotopic (exact) mass is 361 g/mol. The van der Waals surface area contributed by atoms with Crippen LogP contribution in [0.4, 0.5) is 5.69 Å². The summed E-state index contributed by atoms with van der Waals surface area (Å²) >= 11 is 9.68. The Labute approximate surface area is 136 Å². The molecule has 0 radical (unpaired) electrons. The van der Waals surface area contributed by atoms with Crippen LogP contribution in [0.2, 0.25) is 5.02 Å². The molecule has 3 aromatic rings. The second-order valence-corrected chi connectivity index (χ2v) is 5.81. The van der Waals surface area contributed by atoms with Gasteiger partial charge in [0.1, 0.15) is 11.8 Å². The van der Waals surface area contributed by atoms with E-state index in [1.807, 2.05) is 48.5 Å². The van der Waals surface area contributed by atoms with Gasteiger partial charge in [-0.15, -0.1) is 0 Å². The van der Waals surface area contributed by atoms with Crippen molar-refractivity contribution in [1.29, 1.82) is 0 Å². The quantitative estimate of drug-likeness (QED) is 0.625. The molecule has 0 aliphatic carbocycles. The molecule has 1 aromatic heterocycles. The van der Waals surface area contributed by atoms with E-state index in [0.29, 0.717) is 5.02 Å². The predicted molar refractivity (Wildman–Crippen MR) is 89.8 cm³/mol. The molecule has 0 aliphatic rings. The standard InChI is InChI=1S/C17H13BrClNO/c18-16-13(19)8-4-9-14(16)20-17(15-10-5-11-21-15)12-6-2-1-3-7-12/h1-11,17,20H. The molecule has 1 N–H and O–H groups in total. The highest BCUT2D eigenvalue weighted by atomic mass is 79.9. The molecule has 1 heterocycles. The highest BCUT2D eigenvalue weighted by Crippen LogP contribution is 2.34. The molecule has 106 valence electrons. The van der Waals surface area contributed by atoms with E-state index in [2.05, 4.69) is 33.4 Å². The fourth-order valence-electron chi connectivity index (χ4n) is 2.19. The van der Waals surface area contributed by atoms with Gasteiger partial charge in [0.2, 0.25) is 0 Å². The van der Waals surface area contributed by atoms with Crippen LogP contribution >= 0.6 is 27.5 Å². The van der Waals surface area contributed by atoms with Crippen LogP contribution in [-0.2, 0) is 0 Å². The molecular formula is C17H13BrClNO. The number of benzene rings is 2. The van der Waals surface area contributed by atoms with Crippen LogP contribution in [0.15, 0.2) is 75.8 Å². The van der Waals surface area contributed by atoms with Crippen molar-refractivity contribution in [3.8, 4) is 0 Å². The van der Waals surface area contributed by atoms with Crippen LogP contribution in [-0.4, -0.2) is 0 Å². The van der Waals surface area contributed by atoms with Gasteiger partial charge in [0.25, 0.3) is 0 Å². The first-order chi connectivity index (χ1) is 10.3. The Kier molecular flexibility index (Phi) is 4.32. The first-order valence-electron chi connectivity index (χ1n) is 6.54. The van der Waals surface area contributed by atoms with Crippen LogP contribution in [0.5, 0.6) is 0 Å². The zero-order chi connectivity index (χ0) is 14.7. The van der Waals surface area contributed by atoms with Gasteiger partial charge >= 0.3 is 0 Å². The van der Waals surface area contributed by atoms with E-state index in [0.717, 1.165) is 21.5 Å². The maximum atomic E-state index is 6.16. The van der Waals surface area contributed by atoms with Crippen LogP contribution in [0.25, 0.3) is 0 Å². The summed E-state index contributed by atoms with van der Waals surface area (Å²) in [5, 5.41) is 4.15. The fourth-order valence-corrected chi connectivity index (χ4v) is 2.74. The fraction of sp³-hybridized carbons (Fsp3) is 0.0588. The average Bonchev–Trinajstić information content (AvgIpc) is 3.04. The Bertz CT molecular complexity index is 713. The Hall–Kier alpha value is -1.71. The summed E-state index contributed by atoms with van der Waals surface area (Å²) in [5.41, 5.74) is 2.05. The summed E-state index contributed by atoms with van der Waals surface area (Å²) in [6, 6.07) is 19.7. The molecule has 1 unspecified atom stereocenters. The molecule has 3 rings (SSSR count). The van der Waals surface area contributed by atoms with Crippen molar-refractivity contribution in [2.24, 2.45) is 0 Å². The van der Waals surface area contributed by atoms with E-state index in [1.54, 1.807) is 6.26 Å². The summed E-state index contributed by atoms with van der Waals surface area (Å²) in [5.74, 6) is 0.855. The second-order valence-electron chi connectivity index (χ2n) is 4.60. The topological polar surface area (TPSA) is 25.2 Å². The van der Waals surface area contributed by atoms with Crippen molar-refractivity contribution in [3.63, 3.8) is 0 Å². The smallest absolute Gasteiger partial charge is 0.130 e. The maximum Gasteiger partial charge on any atom is 0.130 e. The highest BCUT2D eigenvalue weighted by Gasteiger charge is 2.18. The van der Waals surface area contributed by atoms with E-state index in [1.165, 1.54) is 0 Å². The predicted octanol–water partition coefficient (Wildman–Crippen LogP) is 5.90. The van der Waals surface area contributed by atoms with Crippen molar-refractivity contribution >= 4 is 33.2 Å². The maximum absolute atomic E-state index is 6.16. The lowest BCUT2D eigenvalue weighted by atomic mass is 10.0. The average molecular weight is 363 g/mol. The van der Waals surface area contributed by atoms with Gasteiger partial charge in [-0.2, -0.15) is 0 Å². The lowest BCUT2D eigenvalue weighted by Gasteiger charge is -2.19. The summed E-state index contributed by atoms with van der Waals surface area (Å²) in [7, 11) is 0. The van der Waals surface area contributed by atoms with Crippen molar-refractivity contribution in [2.75, 3.05) is 5.32 Å². The molecule has 4 heteroatoms. The molecule has 0 aliphatic heterocycles. The minimum absolute atomic E-state index is 0.0732. The Morgan fingerprint density at radius 2 is 1.76 bits per heavy atom. The molecule has 0 saturated heterocycles. The number of nitrogens with one attached hydrogen (secondary N) is 1. The summed E-state index contributed by atoms with van der Waals surface area (Å²) in [6.45, 7) is 0. The summed E-state index contributed by atoms with van der Waals surface area (Å²) in [4.78, 5) is 0. The third-order valence-electron chi connectivity index (χ3n) is 3.21. The molecule has 0 fully saturated rings. The van der Waals surface area contributed by atoms with E-state index in [9.17, 15) is 0 Å². The molecule has 0 amide bonds. The Balaban J connectivity index is 1.99. The highest BCUT2D eigenvalue weighted by molar-refractivity contribution is 9.10. The molecule has 2 aromatic carbocycles. The molecule has 0 spiro atoms. The van der Waals surface area contributed by atoms with Gasteiger partial charge in [-0.3, -0.25) is 0 Å². The number of rotatable bonds is 4. The molecule has 2 nitrogen and oxygen atoms in total. The minimum Gasteiger partial charge on any atom is -0.467 e. The van der Waals surface area contributed by atoms with E-state index >= 15 is 0 Å². The van der Waals surface area contributed by atoms with Gasteiger partial charge in [0.05, 0.1) is 21.4 Å². The van der Waals surface area contributed by atoms with Crippen LogP contribution < -0.4 is 5.32 Å². The SMILES string of the molecule is Clc1cccc(NC(c2ccccc2)c2ccco2)c1Br. The first-order valence-corrected chi connectivity index (χ1v) is 7.71. The zero-order valence-corrected chi connectivity index (χ0v) is 13.4. The van der Waals surface area contributed by atoms with Gasteiger partial charge in [0, 0.05) is 0 Å². The summed E-state index contributed by atoms with van der Waals surface area (Å²) < 4.78 is 6.43. The third-order valence-corrected chi connectivity index (χ3v) is 4.61. The van der Waals surface area contributed by atoms with Gasteiger partial charge in [-0.1, -0.05) is 48.0 Å². The molecule has 1 atom stereocenters. The molecule has 21 heavy (non-hydrogen) atoms. The number of hydrogen-bond donors (Lipinski definition) is 1. The van der Waals surface area contributed by atoms with E-state index < -0.39 is 0 Å². The van der Waals surface area contributed by atoms with Crippen molar-refractivity contribution in [3.05, 3.63) is 87.7 Å². The van der Waals surface area contributed by atoms with Crippen LogP contribution in [0.3, 0.4) is 0 Å². The largest absolute Gasteiger partial charge is 0.467 e. The normalized spacial score (nSPS) is 12.1. The zero-order valence-electron chi connectivity index (χ0n) is 11.1. The molecule has 0 saturated carbocycles. The van der Waals surface area contributed by atoms with Crippen LogP contribution in [0, 0.1) is 0 Å². The van der Waals surface area contributed by atoms with Gasteiger partial charge < -0.3 is 9.73 Å². The summed E-state index contributed by atoms with van der Waals surface area (Å²) in [6.07, 6.45) is 1.68.